The SMILES string of the molecule is CCN(CC)c1ccc(NS(=O)(=O)c2cc(OCC(F)(F)F)ccc2OCC(F)(F)F)cc1. The summed E-state index contributed by atoms with van der Waals surface area (Å²) in [5.41, 5.74) is 0.911. The fraction of sp³-hybridized carbons (Fsp3) is 0.400. The maximum atomic E-state index is 12.9. The molecular formula is C20H22F6N2O4S. The van der Waals surface area contributed by atoms with Gasteiger partial charge in [-0.25, -0.2) is 8.42 Å². The molecule has 0 saturated heterocycles. The van der Waals surface area contributed by atoms with Gasteiger partial charge >= 0.3 is 12.4 Å². The molecule has 0 aliphatic carbocycles. The Morgan fingerprint density at radius 3 is 1.91 bits per heavy atom. The molecule has 0 aliphatic rings. The highest BCUT2D eigenvalue weighted by atomic mass is 32.2. The van der Waals surface area contributed by atoms with Gasteiger partial charge in [-0.2, -0.15) is 26.3 Å². The Kier molecular flexibility index (Phi) is 8.33. The number of anilines is 2. The molecule has 0 heterocycles. The molecule has 33 heavy (non-hydrogen) atoms. The maximum absolute atomic E-state index is 12.9. The van der Waals surface area contributed by atoms with E-state index in [1.54, 1.807) is 12.1 Å². The number of alkyl halides is 6. The van der Waals surface area contributed by atoms with Gasteiger partial charge in [-0.3, -0.25) is 4.72 Å². The second-order valence-corrected chi connectivity index (χ2v) is 8.39. The van der Waals surface area contributed by atoms with Crippen LogP contribution in [0.1, 0.15) is 13.8 Å². The normalized spacial score (nSPS) is 12.4. The minimum Gasteiger partial charge on any atom is -0.484 e. The van der Waals surface area contributed by atoms with E-state index in [2.05, 4.69) is 14.2 Å². The molecule has 0 bridgehead atoms. The Balaban J connectivity index is 2.35. The van der Waals surface area contributed by atoms with E-state index in [0.717, 1.165) is 17.8 Å². The molecule has 6 nitrogen and oxygen atoms in total. The predicted octanol–water partition coefficient (Wildman–Crippen LogP) is 5.22. The molecule has 2 rings (SSSR count). The van der Waals surface area contributed by atoms with E-state index in [0.29, 0.717) is 19.2 Å². The number of halogens is 6. The minimum atomic E-state index is -4.76. The number of rotatable bonds is 10. The van der Waals surface area contributed by atoms with Crippen LogP contribution in [0.25, 0.3) is 0 Å². The van der Waals surface area contributed by atoms with Crippen LogP contribution in [0.4, 0.5) is 37.7 Å². The summed E-state index contributed by atoms with van der Waals surface area (Å²) in [5, 5.41) is 0. The van der Waals surface area contributed by atoms with Crippen molar-refractivity contribution < 1.29 is 44.2 Å². The molecule has 0 atom stereocenters. The summed E-state index contributed by atoms with van der Waals surface area (Å²) in [7, 11) is -4.55. The quantitative estimate of drug-likeness (QED) is 0.454. The maximum Gasteiger partial charge on any atom is 0.422 e. The first-order valence-corrected chi connectivity index (χ1v) is 11.1. The minimum absolute atomic E-state index is 0.0919. The van der Waals surface area contributed by atoms with Gasteiger partial charge in [-0.05, 0) is 50.2 Å². The van der Waals surface area contributed by atoms with Crippen LogP contribution in [0.5, 0.6) is 11.5 Å². The molecule has 2 aromatic carbocycles. The Morgan fingerprint density at radius 2 is 1.39 bits per heavy atom. The summed E-state index contributed by atoms with van der Waals surface area (Å²) in [6.45, 7) is 1.80. The summed E-state index contributed by atoms with van der Waals surface area (Å²) in [4.78, 5) is 1.20. The predicted molar refractivity (Wildman–Crippen MR) is 110 cm³/mol. The first kappa shape index (κ1) is 26.4. The fourth-order valence-electron chi connectivity index (χ4n) is 2.77. The third-order valence-corrected chi connectivity index (χ3v) is 5.65. The molecule has 0 fully saturated rings. The zero-order valence-corrected chi connectivity index (χ0v) is 18.4. The van der Waals surface area contributed by atoms with Crippen molar-refractivity contribution in [3.05, 3.63) is 42.5 Å². The summed E-state index contributed by atoms with van der Waals surface area (Å²) in [5.74, 6) is -1.21. The van der Waals surface area contributed by atoms with Crippen LogP contribution in [0.2, 0.25) is 0 Å². The molecule has 0 radical (unpaired) electrons. The molecule has 184 valence electrons. The molecule has 0 amide bonds. The second kappa shape index (κ2) is 10.4. The van der Waals surface area contributed by atoms with Gasteiger partial charge in [0.05, 0.1) is 0 Å². The second-order valence-electron chi connectivity index (χ2n) is 6.74. The summed E-state index contributed by atoms with van der Waals surface area (Å²) in [6, 6.07) is 8.55. The van der Waals surface area contributed by atoms with E-state index in [4.69, 9.17) is 0 Å². The van der Waals surface area contributed by atoms with Crippen molar-refractivity contribution in [1.29, 1.82) is 0 Å². The number of benzene rings is 2. The Hall–Kier alpha value is -2.83. The van der Waals surface area contributed by atoms with Gasteiger partial charge in [0.15, 0.2) is 13.2 Å². The molecule has 2 aromatic rings. The third kappa shape index (κ3) is 8.22. The Bertz CT molecular complexity index is 1020. The van der Waals surface area contributed by atoms with E-state index >= 15 is 0 Å². The monoisotopic (exact) mass is 500 g/mol. The van der Waals surface area contributed by atoms with Crippen molar-refractivity contribution in [3.8, 4) is 11.5 Å². The first-order chi connectivity index (χ1) is 15.2. The van der Waals surface area contributed by atoms with Crippen molar-refractivity contribution in [2.75, 3.05) is 35.9 Å². The third-order valence-electron chi connectivity index (χ3n) is 4.25. The van der Waals surface area contributed by atoms with Gasteiger partial charge in [0.1, 0.15) is 16.4 Å². The van der Waals surface area contributed by atoms with Crippen molar-refractivity contribution in [2.24, 2.45) is 0 Å². The van der Waals surface area contributed by atoms with Crippen LogP contribution in [0.3, 0.4) is 0 Å². The van der Waals surface area contributed by atoms with Crippen LogP contribution in [-0.4, -0.2) is 47.1 Å². The number of nitrogens with zero attached hydrogens (tertiary/aromatic N) is 1. The molecule has 0 spiro atoms. The lowest BCUT2D eigenvalue weighted by Gasteiger charge is -2.21. The topological polar surface area (TPSA) is 67.9 Å². The van der Waals surface area contributed by atoms with Crippen molar-refractivity contribution in [2.45, 2.75) is 31.1 Å². The van der Waals surface area contributed by atoms with E-state index in [-0.39, 0.29) is 5.69 Å². The van der Waals surface area contributed by atoms with E-state index in [9.17, 15) is 34.8 Å². The van der Waals surface area contributed by atoms with Gasteiger partial charge in [0, 0.05) is 30.5 Å². The average Bonchev–Trinajstić information content (AvgIpc) is 2.71. The van der Waals surface area contributed by atoms with Gasteiger partial charge in [-0.1, -0.05) is 0 Å². The van der Waals surface area contributed by atoms with Gasteiger partial charge < -0.3 is 14.4 Å². The van der Waals surface area contributed by atoms with E-state index in [1.165, 1.54) is 12.1 Å². The van der Waals surface area contributed by atoms with Crippen LogP contribution >= 0.6 is 0 Å². The van der Waals surface area contributed by atoms with Gasteiger partial charge in [0.25, 0.3) is 10.0 Å². The Morgan fingerprint density at radius 1 is 0.848 bits per heavy atom. The van der Waals surface area contributed by atoms with E-state index < -0.39 is 52.0 Å². The number of ether oxygens (including phenoxy) is 2. The van der Waals surface area contributed by atoms with E-state index in [1.807, 2.05) is 18.7 Å². The van der Waals surface area contributed by atoms with Crippen LogP contribution < -0.4 is 19.1 Å². The molecule has 1 N–H and O–H groups in total. The summed E-state index contributed by atoms with van der Waals surface area (Å²) in [6.07, 6.45) is -9.46. The average molecular weight is 500 g/mol. The Labute approximate surface area is 187 Å². The van der Waals surface area contributed by atoms with Crippen molar-refractivity contribution in [3.63, 3.8) is 0 Å². The highest BCUT2D eigenvalue weighted by molar-refractivity contribution is 7.92. The fourth-order valence-corrected chi connectivity index (χ4v) is 3.99. The highest BCUT2D eigenvalue weighted by Crippen LogP contribution is 2.32. The molecule has 0 aliphatic heterocycles. The number of sulfonamides is 1. The number of hydrogen-bond donors (Lipinski definition) is 1. The number of nitrogens with one attached hydrogen (secondary N) is 1. The zero-order chi connectivity index (χ0) is 24.9. The van der Waals surface area contributed by atoms with Crippen molar-refractivity contribution in [1.82, 2.24) is 0 Å². The van der Waals surface area contributed by atoms with Gasteiger partial charge in [-0.15, -0.1) is 0 Å². The van der Waals surface area contributed by atoms with Crippen LogP contribution in [0, 0.1) is 0 Å². The van der Waals surface area contributed by atoms with Crippen LogP contribution in [0.15, 0.2) is 47.4 Å². The summed E-state index contributed by atoms with van der Waals surface area (Å²) < 4.78 is 112. The van der Waals surface area contributed by atoms with Gasteiger partial charge in [0.2, 0.25) is 0 Å². The molecule has 0 aromatic heterocycles. The first-order valence-electron chi connectivity index (χ1n) is 9.65. The summed E-state index contributed by atoms with van der Waals surface area (Å²) >= 11 is 0. The zero-order valence-electron chi connectivity index (χ0n) is 17.6. The lowest BCUT2D eigenvalue weighted by Crippen LogP contribution is -2.22. The molecule has 13 heteroatoms. The standard InChI is InChI=1S/C20H22F6N2O4S/c1-3-28(4-2)15-7-5-14(6-8-15)27-33(29,30)18-11-16(31-12-19(21,22)23)9-10-17(18)32-13-20(24,25)26/h5-11,27H,3-4,12-13H2,1-2H3. The lowest BCUT2D eigenvalue weighted by atomic mass is 10.2. The molecular weight excluding hydrogens is 478 g/mol. The lowest BCUT2D eigenvalue weighted by molar-refractivity contribution is -0.154. The van der Waals surface area contributed by atoms with Crippen molar-refractivity contribution >= 4 is 21.4 Å². The smallest absolute Gasteiger partial charge is 0.422 e. The number of hydrogen-bond acceptors (Lipinski definition) is 5. The largest absolute Gasteiger partial charge is 0.484 e. The molecule has 0 saturated carbocycles. The molecule has 0 unspecified atom stereocenters. The highest BCUT2D eigenvalue weighted by Gasteiger charge is 2.31. The van der Waals surface area contributed by atoms with Crippen LogP contribution in [-0.2, 0) is 10.0 Å².